The molecule has 0 saturated carbocycles. The number of esters is 2. The summed E-state index contributed by atoms with van der Waals surface area (Å²) in [5, 5.41) is 0. The van der Waals surface area contributed by atoms with Gasteiger partial charge in [0.25, 0.3) is 0 Å². The van der Waals surface area contributed by atoms with E-state index in [2.05, 4.69) is 51.3 Å². The largest absolute Gasteiger partial charge is 0.423 e. The first-order valence-corrected chi connectivity index (χ1v) is 18.4. The lowest BCUT2D eigenvalue weighted by Gasteiger charge is -2.13. The smallest absolute Gasteiger partial charge is 0.311 e. The second-order valence-corrected chi connectivity index (χ2v) is 13.1. The molecule has 0 aliphatic heterocycles. The van der Waals surface area contributed by atoms with Crippen molar-refractivity contribution in [1.82, 2.24) is 0 Å². The molecule has 252 valence electrons. The molecule has 0 fully saturated rings. The molecule has 0 aliphatic carbocycles. The fraction of sp³-hybridized carbons (Fsp3) is 0.675. The molecule has 0 spiro atoms. The van der Waals surface area contributed by atoms with Gasteiger partial charge in [-0.15, -0.1) is 0 Å². The van der Waals surface area contributed by atoms with E-state index in [0.717, 1.165) is 57.1 Å². The molecule has 0 aliphatic rings. The molecule has 1 heterocycles. The van der Waals surface area contributed by atoms with E-state index in [-0.39, 0.29) is 11.9 Å². The van der Waals surface area contributed by atoms with Crippen molar-refractivity contribution in [2.24, 2.45) is 0 Å². The van der Waals surface area contributed by atoms with Crippen LogP contribution in [0.1, 0.15) is 165 Å². The van der Waals surface area contributed by atoms with Gasteiger partial charge in [-0.3, -0.25) is 9.59 Å². The summed E-state index contributed by atoms with van der Waals surface area (Å²) in [6.07, 6.45) is 23.1. The minimum Gasteiger partial charge on any atom is -0.423 e. The van der Waals surface area contributed by atoms with Crippen LogP contribution in [-0.4, -0.2) is 11.9 Å². The van der Waals surface area contributed by atoms with Gasteiger partial charge in [0.05, 0.1) is 0 Å². The molecule has 0 saturated heterocycles. The zero-order valence-electron chi connectivity index (χ0n) is 29.5. The summed E-state index contributed by atoms with van der Waals surface area (Å²) >= 11 is 0. The van der Waals surface area contributed by atoms with Crippen molar-refractivity contribution in [3.05, 3.63) is 52.8 Å². The predicted octanol–water partition coefficient (Wildman–Crippen LogP) is 10.8. The Morgan fingerprint density at radius 2 is 0.978 bits per heavy atom. The van der Waals surface area contributed by atoms with E-state index in [1.54, 1.807) is 6.07 Å². The van der Waals surface area contributed by atoms with Crippen molar-refractivity contribution in [3.8, 4) is 11.5 Å². The van der Waals surface area contributed by atoms with E-state index < -0.39 is 0 Å². The Morgan fingerprint density at radius 3 is 1.44 bits per heavy atom. The summed E-state index contributed by atoms with van der Waals surface area (Å²) in [5.74, 6) is 0.181. The number of aryl methyl sites for hydroxylation is 4. The molecule has 0 amide bonds. The molecule has 0 atom stereocenters. The maximum Gasteiger partial charge on any atom is 0.311 e. The van der Waals surface area contributed by atoms with Gasteiger partial charge in [0.15, 0.2) is 29.4 Å². The van der Waals surface area contributed by atoms with Gasteiger partial charge in [-0.25, -0.2) is 0 Å². The highest BCUT2D eigenvalue weighted by atomic mass is 16.6. The monoisotopic (exact) mass is 622 g/mol. The number of unbranched alkanes of at least 4 members (excludes halogenated alkanes) is 16. The summed E-state index contributed by atoms with van der Waals surface area (Å²) in [6.45, 7) is 11.7. The maximum atomic E-state index is 12.9. The Morgan fingerprint density at radius 1 is 0.556 bits per heavy atom. The third kappa shape index (κ3) is 17.0. The number of carbonyl (C=O) groups excluding carboxylic acids is 2. The van der Waals surface area contributed by atoms with Gasteiger partial charge in [0, 0.05) is 45.2 Å². The minimum absolute atomic E-state index is 0.258. The van der Waals surface area contributed by atoms with Crippen LogP contribution in [-0.2, 0) is 22.6 Å². The third-order valence-corrected chi connectivity index (χ3v) is 8.77. The SMILES string of the molecule is CCCCCCCCCCCC(=O)Oc1ccc(CC[n+]2c(C)cc(C)cc2C)cc1OC(=O)CCCCCCCCCCC. The summed E-state index contributed by atoms with van der Waals surface area (Å²) in [4.78, 5) is 25.6. The molecule has 1 aromatic carbocycles. The zero-order valence-corrected chi connectivity index (χ0v) is 29.5. The summed E-state index contributed by atoms with van der Waals surface area (Å²) in [5.41, 5.74) is 4.76. The van der Waals surface area contributed by atoms with Crippen LogP contribution in [0.25, 0.3) is 0 Å². The molecular weight excluding hydrogens is 558 g/mol. The van der Waals surface area contributed by atoms with Crippen molar-refractivity contribution < 1.29 is 23.6 Å². The predicted molar refractivity (Wildman–Crippen MR) is 186 cm³/mol. The first-order chi connectivity index (χ1) is 21.8. The van der Waals surface area contributed by atoms with Crippen LogP contribution in [0.2, 0.25) is 0 Å². The van der Waals surface area contributed by atoms with Crippen LogP contribution >= 0.6 is 0 Å². The molecule has 0 unspecified atom stereocenters. The number of rotatable bonds is 25. The van der Waals surface area contributed by atoms with Crippen molar-refractivity contribution in [3.63, 3.8) is 0 Å². The first-order valence-electron chi connectivity index (χ1n) is 18.4. The minimum atomic E-state index is -0.261. The van der Waals surface area contributed by atoms with E-state index in [0.29, 0.717) is 24.3 Å². The van der Waals surface area contributed by atoms with Gasteiger partial charge in [-0.2, -0.15) is 4.57 Å². The quantitative estimate of drug-likeness (QED) is 0.0478. The molecule has 5 heteroatoms. The topological polar surface area (TPSA) is 56.5 Å². The molecule has 2 aromatic rings. The van der Waals surface area contributed by atoms with Gasteiger partial charge in [0.2, 0.25) is 0 Å². The second-order valence-electron chi connectivity index (χ2n) is 13.1. The number of hydrogen-bond acceptors (Lipinski definition) is 4. The number of ether oxygens (including phenoxy) is 2. The van der Waals surface area contributed by atoms with Crippen molar-refractivity contribution in [2.75, 3.05) is 0 Å². The van der Waals surface area contributed by atoms with Crippen LogP contribution in [0.3, 0.4) is 0 Å². The number of carbonyl (C=O) groups is 2. The Hall–Kier alpha value is -2.69. The summed E-state index contributed by atoms with van der Waals surface area (Å²) in [6, 6.07) is 10.1. The number of pyridine rings is 1. The maximum absolute atomic E-state index is 12.9. The molecule has 0 radical (unpaired) electrons. The summed E-state index contributed by atoms with van der Waals surface area (Å²) in [7, 11) is 0. The molecule has 5 nitrogen and oxygen atoms in total. The lowest BCUT2D eigenvalue weighted by atomic mass is 10.1. The normalized spacial score (nSPS) is 11.1. The fourth-order valence-corrected chi connectivity index (χ4v) is 6.11. The molecule has 2 rings (SSSR count). The van der Waals surface area contributed by atoms with Gasteiger partial charge < -0.3 is 9.47 Å². The van der Waals surface area contributed by atoms with Gasteiger partial charge >= 0.3 is 11.9 Å². The van der Waals surface area contributed by atoms with Crippen LogP contribution in [0.15, 0.2) is 30.3 Å². The Bertz CT molecular complexity index is 1100. The Balaban J connectivity index is 1.92. The third-order valence-electron chi connectivity index (χ3n) is 8.77. The highest BCUT2D eigenvalue weighted by Crippen LogP contribution is 2.30. The van der Waals surface area contributed by atoms with Gasteiger partial charge in [0.1, 0.15) is 0 Å². The molecular formula is C40H64NO4+. The zero-order chi connectivity index (χ0) is 32.7. The highest BCUT2D eigenvalue weighted by molar-refractivity contribution is 5.76. The lowest BCUT2D eigenvalue weighted by molar-refractivity contribution is -0.708. The van der Waals surface area contributed by atoms with E-state index in [9.17, 15) is 9.59 Å². The average molecular weight is 623 g/mol. The van der Waals surface area contributed by atoms with Crippen molar-refractivity contribution >= 4 is 11.9 Å². The number of nitrogens with zero attached hydrogens (tertiary/aromatic N) is 1. The molecule has 0 N–H and O–H groups in total. The van der Waals surface area contributed by atoms with Crippen LogP contribution in [0.5, 0.6) is 11.5 Å². The Labute approximate surface area is 275 Å². The van der Waals surface area contributed by atoms with Crippen molar-refractivity contribution in [1.29, 1.82) is 0 Å². The van der Waals surface area contributed by atoms with E-state index >= 15 is 0 Å². The van der Waals surface area contributed by atoms with Crippen molar-refractivity contribution in [2.45, 2.75) is 176 Å². The summed E-state index contributed by atoms with van der Waals surface area (Å²) < 4.78 is 13.9. The number of aromatic nitrogens is 1. The van der Waals surface area contributed by atoms with Crippen LogP contribution in [0.4, 0.5) is 0 Å². The number of benzene rings is 1. The van der Waals surface area contributed by atoms with Gasteiger partial charge in [-0.1, -0.05) is 123 Å². The van der Waals surface area contributed by atoms with Crippen LogP contribution in [0, 0.1) is 20.8 Å². The highest BCUT2D eigenvalue weighted by Gasteiger charge is 2.17. The van der Waals surface area contributed by atoms with Gasteiger partial charge in [-0.05, 0) is 43.0 Å². The number of hydrogen-bond donors (Lipinski definition) is 0. The standard InChI is InChI=1S/C40H64NO4/c1-6-8-10-12-14-16-18-20-22-24-39(42)44-37-27-26-36(28-29-41-34(4)30-33(3)31-35(41)5)32-38(37)45-40(43)25-23-21-19-17-15-13-11-9-7-2/h26-27,30-32H,6-25,28-29H2,1-5H3/q+1. The first kappa shape index (κ1) is 38.5. The van der Waals surface area contributed by atoms with E-state index in [1.165, 1.54) is 94.0 Å². The average Bonchev–Trinajstić information content (AvgIpc) is 3.00. The second kappa shape index (κ2) is 23.6. The Kier molecular flexibility index (Phi) is 20.2. The van der Waals surface area contributed by atoms with Crippen LogP contribution < -0.4 is 14.0 Å². The van der Waals surface area contributed by atoms with E-state index in [4.69, 9.17) is 9.47 Å². The molecule has 1 aromatic heterocycles. The van der Waals surface area contributed by atoms with E-state index in [1.807, 2.05) is 12.1 Å². The molecule has 0 bridgehead atoms. The molecule has 45 heavy (non-hydrogen) atoms. The lowest BCUT2D eigenvalue weighted by Crippen LogP contribution is -2.41. The fourth-order valence-electron chi connectivity index (χ4n) is 6.11.